The fourth-order valence-electron chi connectivity index (χ4n) is 5.87. The van der Waals surface area contributed by atoms with Gasteiger partial charge in [-0.25, -0.2) is 22.0 Å². The summed E-state index contributed by atoms with van der Waals surface area (Å²) in [6.07, 6.45) is -11.1. The van der Waals surface area contributed by atoms with Crippen molar-refractivity contribution in [3.8, 4) is 36.4 Å². The molecule has 0 spiro atoms. The molecular weight excluding hydrogens is 701 g/mol. The topological polar surface area (TPSA) is 143 Å². The third kappa shape index (κ3) is 5.22. The number of nitriles is 6. The Balaban J connectivity index is 1.97. The first-order valence-electron chi connectivity index (χ1n) is 13.3. The van der Waals surface area contributed by atoms with Gasteiger partial charge in [-0.3, -0.25) is 0 Å². The van der Waals surface area contributed by atoms with Gasteiger partial charge in [-0.2, -0.15) is 57.9 Å². The lowest BCUT2D eigenvalue weighted by Gasteiger charge is -2.14. The summed E-state index contributed by atoms with van der Waals surface area (Å²) in [5, 5.41) is 59.3. The number of hydrogen-bond acceptors (Lipinski definition) is 6. The first kappa shape index (κ1) is 35.1. The van der Waals surface area contributed by atoms with E-state index in [0.717, 1.165) is 6.07 Å². The molecule has 0 fully saturated rings. The molecule has 0 aliphatic heterocycles. The maximum Gasteiger partial charge on any atom is 0.422 e. The number of halogens is 11. The molecule has 248 valence electrons. The lowest BCUT2D eigenvalue weighted by Crippen LogP contribution is -2.12. The predicted molar refractivity (Wildman–Crippen MR) is 150 cm³/mol. The molecule has 0 aromatic heterocycles. The molecule has 6 nitrogen and oxygen atoms in total. The monoisotopic (exact) mass is 706 g/mol. The standard InChI is InChI=1S/C34H5F11N6/c35-20-1-12(2-21(36)30(20)33(40,41)42)24-18(10-50)28-16(26(24)14(6-46)7-47)5-17-27(15(8-48)9-49)25(19(11-51)29(17)32(28)39)13-3-22(37)31(23(38)4-13)34(43,44)45/h1-5H. The van der Waals surface area contributed by atoms with E-state index >= 15 is 4.39 Å². The summed E-state index contributed by atoms with van der Waals surface area (Å²) in [6.45, 7) is 0. The van der Waals surface area contributed by atoms with E-state index in [1.54, 1.807) is 0 Å². The average molecular weight is 706 g/mol. The summed E-state index contributed by atoms with van der Waals surface area (Å²) >= 11 is 0. The fourth-order valence-corrected chi connectivity index (χ4v) is 5.87. The molecule has 0 bridgehead atoms. The molecule has 0 unspecified atom stereocenters. The maximum atomic E-state index is 16.8. The molecular formula is C34H5F11N6. The predicted octanol–water partition coefficient (Wildman–Crippen LogP) is 8.92. The molecule has 0 amide bonds. The van der Waals surface area contributed by atoms with Gasteiger partial charge in [0.05, 0.1) is 11.1 Å². The van der Waals surface area contributed by atoms with Crippen LogP contribution in [0.15, 0.2) is 41.5 Å². The highest BCUT2D eigenvalue weighted by atomic mass is 19.4. The van der Waals surface area contributed by atoms with Crippen LogP contribution in [0.25, 0.3) is 33.4 Å². The molecule has 0 saturated heterocycles. The van der Waals surface area contributed by atoms with Crippen LogP contribution in [0.5, 0.6) is 0 Å². The highest BCUT2D eigenvalue weighted by Gasteiger charge is 2.44. The average Bonchev–Trinajstić information content (AvgIpc) is 3.54. The number of allylic oxidation sites excluding steroid dienone is 8. The van der Waals surface area contributed by atoms with Crippen molar-refractivity contribution in [3.05, 3.63) is 115 Å². The van der Waals surface area contributed by atoms with Crippen LogP contribution in [-0.2, 0) is 12.4 Å². The molecule has 0 radical (unpaired) electrons. The highest BCUT2D eigenvalue weighted by molar-refractivity contribution is 6.30. The molecule has 0 saturated carbocycles. The van der Waals surface area contributed by atoms with Gasteiger partial charge < -0.3 is 0 Å². The lowest BCUT2D eigenvalue weighted by atomic mass is 9.88. The molecule has 2 aliphatic carbocycles. The van der Waals surface area contributed by atoms with Gasteiger partial charge >= 0.3 is 12.4 Å². The van der Waals surface area contributed by atoms with E-state index in [4.69, 9.17) is 0 Å². The molecule has 3 aromatic carbocycles. The van der Waals surface area contributed by atoms with Crippen molar-refractivity contribution >= 4 is 33.4 Å². The summed E-state index contributed by atoms with van der Waals surface area (Å²) in [4.78, 5) is 0. The third-order valence-corrected chi connectivity index (χ3v) is 7.70. The second kappa shape index (κ2) is 12.0. The van der Waals surface area contributed by atoms with E-state index in [9.17, 15) is 75.5 Å². The largest absolute Gasteiger partial charge is 0.422 e. The van der Waals surface area contributed by atoms with Crippen molar-refractivity contribution in [2.24, 2.45) is 0 Å². The molecule has 5 rings (SSSR count). The Morgan fingerprint density at radius 2 is 0.765 bits per heavy atom. The Morgan fingerprint density at radius 3 is 1.00 bits per heavy atom. The lowest BCUT2D eigenvalue weighted by molar-refractivity contribution is -0.143. The summed E-state index contributed by atoms with van der Waals surface area (Å²) in [7, 11) is 0. The Kier molecular flexibility index (Phi) is 8.29. The summed E-state index contributed by atoms with van der Waals surface area (Å²) in [5.41, 5.74) is -16.7. The van der Waals surface area contributed by atoms with Crippen molar-refractivity contribution in [1.82, 2.24) is 0 Å². The van der Waals surface area contributed by atoms with Gasteiger partial charge in [0.25, 0.3) is 0 Å². The van der Waals surface area contributed by atoms with E-state index in [-0.39, 0.29) is 24.3 Å². The second-order valence-electron chi connectivity index (χ2n) is 10.3. The van der Waals surface area contributed by atoms with E-state index in [1.807, 2.05) is 0 Å². The van der Waals surface area contributed by atoms with Gasteiger partial charge in [0.15, 0.2) is 0 Å². The number of alkyl halides is 6. The Hall–Kier alpha value is -7.21. The van der Waals surface area contributed by atoms with Crippen LogP contribution in [-0.4, -0.2) is 0 Å². The quantitative estimate of drug-likeness (QED) is 0.192. The smallest absolute Gasteiger partial charge is 0.206 e. The first-order valence-corrected chi connectivity index (χ1v) is 13.3. The number of hydrogen-bond donors (Lipinski definition) is 0. The first-order chi connectivity index (χ1) is 23.9. The van der Waals surface area contributed by atoms with Gasteiger partial charge in [0, 0.05) is 33.4 Å². The van der Waals surface area contributed by atoms with Crippen molar-refractivity contribution in [3.63, 3.8) is 0 Å². The number of rotatable bonds is 2. The Morgan fingerprint density at radius 1 is 0.471 bits per heavy atom. The summed E-state index contributed by atoms with van der Waals surface area (Å²) in [6, 6.07) is 9.76. The van der Waals surface area contributed by atoms with Crippen molar-refractivity contribution in [1.29, 1.82) is 31.6 Å². The minimum Gasteiger partial charge on any atom is -0.206 e. The van der Waals surface area contributed by atoms with Crippen molar-refractivity contribution in [2.75, 3.05) is 0 Å². The van der Waals surface area contributed by atoms with E-state index in [2.05, 4.69) is 0 Å². The SMILES string of the molecule is N#CC(C#N)=C1C(c2cc(F)c(C(F)(F)F)c(F)c2)=C(C#N)c2c1cc1c(c2F)C(C#N)=C(c2cc(F)c(C(F)(F)F)c(F)c2)C1=C(C#N)C#N. The van der Waals surface area contributed by atoms with Gasteiger partial charge in [-0.1, -0.05) is 0 Å². The maximum absolute atomic E-state index is 16.8. The minimum atomic E-state index is -5.55. The number of nitrogens with zero attached hydrogens (tertiary/aromatic N) is 6. The zero-order valence-corrected chi connectivity index (χ0v) is 24.2. The molecule has 0 atom stereocenters. The molecule has 0 N–H and O–H groups in total. The van der Waals surface area contributed by atoms with Crippen LogP contribution < -0.4 is 0 Å². The van der Waals surface area contributed by atoms with E-state index in [1.165, 1.54) is 36.4 Å². The summed E-state index contributed by atoms with van der Waals surface area (Å²) < 4.78 is 156. The van der Waals surface area contributed by atoms with Gasteiger partial charge in [-0.15, -0.1) is 0 Å². The van der Waals surface area contributed by atoms with Crippen LogP contribution in [0.1, 0.15) is 44.5 Å². The minimum absolute atomic E-state index is 0.101. The van der Waals surface area contributed by atoms with Gasteiger partial charge in [0.1, 0.15) is 87.8 Å². The summed E-state index contributed by atoms with van der Waals surface area (Å²) in [5.74, 6) is -10.5. The second-order valence-corrected chi connectivity index (χ2v) is 10.3. The fraction of sp³-hybridized carbons (Fsp3) is 0.0588. The molecule has 0 heterocycles. The molecule has 51 heavy (non-hydrogen) atoms. The van der Waals surface area contributed by atoms with Crippen LogP contribution >= 0.6 is 0 Å². The zero-order chi connectivity index (χ0) is 37.9. The van der Waals surface area contributed by atoms with Crippen molar-refractivity contribution in [2.45, 2.75) is 12.4 Å². The van der Waals surface area contributed by atoms with Crippen LogP contribution in [0.3, 0.4) is 0 Å². The van der Waals surface area contributed by atoms with Crippen LogP contribution in [0, 0.1) is 97.1 Å². The van der Waals surface area contributed by atoms with Gasteiger partial charge in [0.2, 0.25) is 0 Å². The van der Waals surface area contributed by atoms with Crippen molar-refractivity contribution < 1.29 is 48.3 Å². The molecule has 2 aliphatic rings. The number of fused-ring (bicyclic) bond motifs is 2. The third-order valence-electron chi connectivity index (χ3n) is 7.70. The Bertz CT molecular complexity index is 2310. The van der Waals surface area contributed by atoms with E-state index in [0.29, 0.717) is 0 Å². The zero-order valence-electron chi connectivity index (χ0n) is 24.2. The van der Waals surface area contributed by atoms with Crippen LogP contribution in [0.2, 0.25) is 0 Å². The number of benzene rings is 3. The molecule has 3 aromatic rings. The Labute approximate surface area is 277 Å². The van der Waals surface area contributed by atoms with E-state index < -0.39 is 131 Å². The highest BCUT2D eigenvalue weighted by Crippen LogP contribution is 2.56. The van der Waals surface area contributed by atoms with Gasteiger partial charge in [-0.05, 0) is 52.6 Å². The molecule has 17 heteroatoms. The van der Waals surface area contributed by atoms with Crippen LogP contribution in [0.4, 0.5) is 48.3 Å². The normalized spacial score (nSPS) is 13.4.